The molecule has 0 spiro atoms. The number of carbonyl (C=O) groups excluding carboxylic acids is 2. The Balaban J connectivity index is 1.45. The molecule has 0 aliphatic carbocycles. The number of rotatable bonds is 3. The van der Waals surface area contributed by atoms with Crippen molar-refractivity contribution in [3.05, 3.63) is 36.3 Å². The molecular formula is C16H17N3O3S. The monoisotopic (exact) mass is 331 g/mol. The van der Waals surface area contributed by atoms with E-state index in [1.165, 1.54) is 0 Å². The summed E-state index contributed by atoms with van der Waals surface area (Å²) in [4.78, 5) is 30.3. The van der Waals surface area contributed by atoms with Crippen LogP contribution in [0.15, 0.2) is 30.6 Å². The van der Waals surface area contributed by atoms with Crippen molar-refractivity contribution in [1.29, 1.82) is 0 Å². The predicted octanol–water partition coefficient (Wildman–Crippen LogP) is 1.83. The van der Waals surface area contributed by atoms with E-state index in [-0.39, 0.29) is 23.4 Å². The third-order valence-corrected chi connectivity index (χ3v) is 6.00. The van der Waals surface area contributed by atoms with Crippen LogP contribution in [-0.4, -0.2) is 42.8 Å². The lowest BCUT2D eigenvalue weighted by Crippen LogP contribution is -2.46. The Morgan fingerprint density at radius 3 is 3.22 bits per heavy atom. The number of fused-ring (bicyclic) bond motifs is 2. The number of ether oxygens (including phenoxy) is 1. The molecule has 6 nitrogen and oxygen atoms in total. The molecule has 23 heavy (non-hydrogen) atoms. The largest absolute Gasteiger partial charge is 0.458 e. The second-order valence-corrected chi connectivity index (χ2v) is 7.57. The second kappa shape index (κ2) is 5.26. The molecule has 1 amide bonds. The Kier molecular flexibility index (Phi) is 3.33. The maximum absolute atomic E-state index is 12.4. The van der Waals surface area contributed by atoms with Gasteiger partial charge in [-0.15, -0.1) is 11.8 Å². The van der Waals surface area contributed by atoms with E-state index in [4.69, 9.17) is 4.74 Å². The molecule has 0 bridgehead atoms. The Morgan fingerprint density at radius 1 is 1.52 bits per heavy atom. The van der Waals surface area contributed by atoms with Gasteiger partial charge in [-0.25, -0.2) is 9.78 Å². The molecular weight excluding hydrogens is 314 g/mol. The number of pyridine rings is 1. The Labute approximate surface area is 137 Å². The van der Waals surface area contributed by atoms with Crippen LogP contribution in [0.5, 0.6) is 0 Å². The van der Waals surface area contributed by atoms with Crippen molar-refractivity contribution in [3.8, 4) is 0 Å². The lowest BCUT2D eigenvalue weighted by molar-refractivity contribution is -0.154. The topological polar surface area (TPSA) is 63.9 Å². The molecule has 2 aliphatic rings. The van der Waals surface area contributed by atoms with Crippen molar-refractivity contribution in [1.82, 2.24) is 14.3 Å². The SMILES string of the molecule is C[C@]12CCC(=O)N1[C@H](C(=O)OCc1cn3ccccc3n1)CS2. The van der Waals surface area contributed by atoms with E-state index < -0.39 is 6.04 Å². The number of imidazole rings is 1. The fraction of sp³-hybridized carbons (Fsp3) is 0.438. The van der Waals surface area contributed by atoms with Gasteiger partial charge in [-0.1, -0.05) is 6.07 Å². The van der Waals surface area contributed by atoms with E-state index in [0.717, 1.165) is 12.1 Å². The number of amides is 1. The summed E-state index contributed by atoms with van der Waals surface area (Å²) < 4.78 is 7.31. The third-order valence-electron chi connectivity index (χ3n) is 4.49. The number of nitrogens with zero attached hydrogens (tertiary/aromatic N) is 3. The molecule has 0 radical (unpaired) electrons. The van der Waals surface area contributed by atoms with Gasteiger partial charge in [0.2, 0.25) is 5.91 Å². The van der Waals surface area contributed by atoms with Crippen molar-refractivity contribution in [2.24, 2.45) is 0 Å². The number of carbonyl (C=O) groups is 2. The molecule has 0 aromatic carbocycles. The van der Waals surface area contributed by atoms with Gasteiger partial charge in [-0.2, -0.15) is 0 Å². The minimum atomic E-state index is -0.475. The van der Waals surface area contributed by atoms with Crippen molar-refractivity contribution in [2.75, 3.05) is 5.75 Å². The number of esters is 1. The third kappa shape index (κ3) is 2.39. The lowest BCUT2D eigenvalue weighted by atomic mass is 10.2. The van der Waals surface area contributed by atoms with Gasteiger partial charge in [0.1, 0.15) is 18.3 Å². The fourth-order valence-corrected chi connectivity index (χ4v) is 4.71. The molecule has 2 saturated heterocycles. The number of aromatic nitrogens is 2. The van der Waals surface area contributed by atoms with Gasteiger partial charge in [0.05, 0.1) is 10.6 Å². The van der Waals surface area contributed by atoms with Crippen LogP contribution in [0.1, 0.15) is 25.5 Å². The summed E-state index contributed by atoms with van der Waals surface area (Å²) in [5, 5.41) is 0. The first kappa shape index (κ1) is 14.6. The van der Waals surface area contributed by atoms with E-state index >= 15 is 0 Å². The first-order valence-corrected chi connectivity index (χ1v) is 8.61. The average molecular weight is 331 g/mol. The summed E-state index contributed by atoms with van der Waals surface area (Å²) in [5.74, 6) is 0.312. The molecule has 120 valence electrons. The maximum atomic E-state index is 12.4. The Hall–Kier alpha value is -2.02. The van der Waals surface area contributed by atoms with Gasteiger partial charge < -0.3 is 14.0 Å². The van der Waals surface area contributed by atoms with Crippen molar-refractivity contribution in [2.45, 2.75) is 37.3 Å². The highest BCUT2D eigenvalue weighted by Gasteiger charge is 2.53. The lowest BCUT2D eigenvalue weighted by Gasteiger charge is -2.29. The number of hydrogen-bond donors (Lipinski definition) is 0. The van der Waals surface area contributed by atoms with Crippen LogP contribution in [-0.2, 0) is 20.9 Å². The quantitative estimate of drug-likeness (QED) is 0.803. The average Bonchev–Trinajstić information content (AvgIpc) is 3.18. The maximum Gasteiger partial charge on any atom is 0.330 e. The smallest absolute Gasteiger partial charge is 0.330 e. The highest BCUT2D eigenvalue weighted by molar-refractivity contribution is 8.01. The normalized spacial score (nSPS) is 26.7. The number of hydrogen-bond acceptors (Lipinski definition) is 5. The molecule has 2 aromatic heterocycles. The van der Waals surface area contributed by atoms with Crippen molar-refractivity contribution >= 4 is 29.3 Å². The second-order valence-electron chi connectivity index (χ2n) is 6.07. The fourth-order valence-electron chi connectivity index (χ4n) is 3.29. The van der Waals surface area contributed by atoms with E-state index in [1.807, 2.05) is 41.9 Å². The van der Waals surface area contributed by atoms with Crippen LogP contribution in [0, 0.1) is 0 Å². The summed E-state index contributed by atoms with van der Waals surface area (Å²) in [6.45, 7) is 2.15. The minimum Gasteiger partial charge on any atom is -0.458 e. The van der Waals surface area contributed by atoms with E-state index in [9.17, 15) is 9.59 Å². The molecule has 0 N–H and O–H groups in total. The Bertz CT molecular complexity index is 757. The van der Waals surface area contributed by atoms with Gasteiger partial charge in [-0.3, -0.25) is 4.79 Å². The van der Waals surface area contributed by atoms with Crippen LogP contribution in [0.4, 0.5) is 0 Å². The van der Waals surface area contributed by atoms with Gasteiger partial charge in [-0.05, 0) is 25.5 Å². The molecule has 0 saturated carbocycles. The highest BCUT2D eigenvalue weighted by Crippen LogP contribution is 2.47. The highest BCUT2D eigenvalue weighted by atomic mass is 32.2. The summed E-state index contributed by atoms with van der Waals surface area (Å²) in [5.41, 5.74) is 1.52. The zero-order valence-corrected chi connectivity index (χ0v) is 13.6. The zero-order chi connectivity index (χ0) is 16.0. The van der Waals surface area contributed by atoms with E-state index in [1.54, 1.807) is 16.7 Å². The molecule has 0 unspecified atom stereocenters. The van der Waals surface area contributed by atoms with Crippen molar-refractivity contribution in [3.63, 3.8) is 0 Å². The number of thioether (sulfide) groups is 1. The molecule has 4 rings (SSSR count). The van der Waals surface area contributed by atoms with Gasteiger partial charge >= 0.3 is 5.97 Å². The first-order valence-electron chi connectivity index (χ1n) is 7.62. The van der Waals surface area contributed by atoms with E-state index in [2.05, 4.69) is 4.98 Å². The Morgan fingerprint density at radius 2 is 2.39 bits per heavy atom. The van der Waals surface area contributed by atoms with Crippen LogP contribution < -0.4 is 0 Å². The summed E-state index contributed by atoms with van der Waals surface area (Å²) >= 11 is 1.67. The molecule has 2 aliphatic heterocycles. The predicted molar refractivity (Wildman–Crippen MR) is 85.7 cm³/mol. The van der Waals surface area contributed by atoms with E-state index in [0.29, 0.717) is 17.9 Å². The first-order chi connectivity index (χ1) is 11.1. The molecule has 2 fully saturated rings. The summed E-state index contributed by atoms with van der Waals surface area (Å²) in [6.07, 6.45) is 5.05. The van der Waals surface area contributed by atoms with Gasteiger partial charge in [0, 0.05) is 24.6 Å². The van der Waals surface area contributed by atoms with Crippen LogP contribution in [0.3, 0.4) is 0 Å². The van der Waals surface area contributed by atoms with Crippen molar-refractivity contribution < 1.29 is 14.3 Å². The molecule has 2 atom stereocenters. The van der Waals surface area contributed by atoms with Crippen LogP contribution >= 0.6 is 11.8 Å². The molecule has 4 heterocycles. The van der Waals surface area contributed by atoms with Gasteiger partial charge in [0.25, 0.3) is 0 Å². The van der Waals surface area contributed by atoms with Gasteiger partial charge in [0.15, 0.2) is 0 Å². The standard InChI is InChI=1S/C16H17N3O3S/c1-16-6-5-14(20)19(16)12(10-23-16)15(21)22-9-11-8-18-7-3-2-4-13(18)17-11/h2-4,7-8,12H,5-6,9-10H2,1H3/t12-,16-/m0/s1. The molecule has 2 aromatic rings. The van der Waals surface area contributed by atoms with Crippen LogP contribution in [0.2, 0.25) is 0 Å². The summed E-state index contributed by atoms with van der Waals surface area (Å²) in [7, 11) is 0. The minimum absolute atomic E-state index is 0.0483. The molecule has 7 heteroatoms. The zero-order valence-electron chi connectivity index (χ0n) is 12.8. The summed E-state index contributed by atoms with van der Waals surface area (Å²) in [6, 6.07) is 5.25. The van der Waals surface area contributed by atoms with Crippen LogP contribution in [0.25, 0.3) is 5.65 Å².